The van der Waals surface area contributed by atoms with Crippen LogP contribution in [0.2, 0.25) is 5.02 Å². The number of hydrogen-bond donors (Lipinski definition) is 1. The third-order valence-electron chi connectivity index (χ3n) is 5.09. The number of ether oxygens (including phenoxy) is 1. The Hall–Kier alpha value is -0.530. The second-order valence-electron chi connectivity index (χ2n) is 6.74. The summed E-state index contributed by atoms with van der Waals surface area (Å²) in [4.78, 5) is 6.82. The third-order valence-corrected chi connectivity index (χ3v) is 5.35. The van der Waals surface area contributed by atoms with Gasteiger partial charge in [-0.25, -0.2) is 0 Å². The first-order valence-electron chi connectivity index (χ1n) is 8.37. The monoisotopic (exact) mass is 463 g/mol. The fourth-order valence-electron chi connectivity index (χ4n) is 3.50. The van der Waals surface area contributed by atoms with E-state index >= 15 is 0 Å². The summed E-state index contributed by atoms with van der Waals surface area (Å²) in [7, 11) is 3.65. The smallest absolute Gasteiger partial charge is 0.193 e. The number of nitrogens with one attached hydrogen (secondary N) is 1. The summed E-state index contributed by atoms with van der Waals surface area (Å²) in [6.45, 7) is 3.86. The molecule has 4 nitrogen and oxygen atoms in total. The van der Waals surface area contributed by atoms with E-state index in [1.54, 1.807) is 7.11 Å². The van der Waals surface area contributed by atoms with Gasteiger partial charge in [0.2, 0.25) is 0 Å². The van der Waals surface area contributed by atoms with Crippen molar-refractivity contribution in [1.82, 2.24) is 10.2 Å². The molecule has 2 aliphatic rings. The zero-order valence-electron chi connectivity index (χ0n) is 14.4. The minimum Gasteiger partial charge on any atom is -0.384 e. The molecule has 1 saturated heterocycles. The van der Waals surface area contributed by atoms with Crippen molar-refractivity contribution in [3.05, 3.63) is 34.9 Å². The first-order valence-corrected chi connectivity index (χ1v) is 8.75. The van der Waals surface area contributed by atoms with E-state index in [1.165, 1.54) is 24.8 Å². The van der Waals surface area contributed by atoms with Crippen LogP contribution in [0.5, 0.6) is 0 Å². The Kier molecular flexibility index (Phi) is 7.19. The Labute approximate surface area is 167 Å². The molecule has 1 aliphatic heterocycles. The maximum atomic E-state index is 6.01. The van der Waals surface area contributed by atoms with Crippen molar-refractivity contribution in [3.8, 4) is 0 Å². The lowest BCUT2D eigenvalue weighted by Gasteiger charge is -2.24. The first kappa shape index (κ1) is 19.8. The highest BCUT2D eigenvalue weighted by Gasteiger charge is 2.44. The van der Waals surface area contributed by atoms with E-state index in [-0.39, 0.29) is 29.4 Å². The molecule has 134 valence electrons. The Balaban J connectivity index is 0.00000208. The van der Waals surface area contributed by atoms with Gasteiger partial charge in [-0.2, -0.15) is 0 Å². The summed E-state index contributed by atoms with van der Waals surface area (Å²) in [6.07, 6.45) is 3.63. The first-order chi connectivity index (χ1) is 11.2. The molecule has 0 spiro atoms. The number of aliphatic imine (C=N–C) groups is 1. The predicted octanol–water partition coefficient (Wildman–Crippen LogP) is 3.53. The maximum Gasteiger partial charge on any atom is 0.193 e. The van der Waals surface area contributed by atoms with Crippen LogP contribution in [0, 0.1) is 5.92 Å². The molecule has 0 radical (unpaired) electrons. The molecule has 1 heterocycles. The fraction of sp³-hybridized carbons (Fsp3) is 0.611. The van der Waals surface area contributed by atoms with Gasteiger partial charge in [0.05, 0.1) is 6.61 Å². The van der Waals surface area contributed by atoms with Gasteiger partial charge in [0.1, 0.15) is 0 Å². The minimum atomic E-state index is 0. The minimum absolute atomic E-state index is 0. The molecule has 6 heteroatoms. The van der Waals surface area contributed by atoms with E-state index in [1.807, 2.05) is 19.2 Å². The second kappa shape index (κ2) is 8.72. The van der Waals surface area contributed by atoms with Crippen LogP contribution in [0.3, 0.4) is 0 Å². The molecule has 24 heavy (non-hydrogen) atoms. The molecule has 0 amide bonds. The number of likely N-dealkylation sites (tertiary alicyclic amines) is 1. The van der Waals surface area contributed by atoms with Gasteiger partial charge < -0.3 is 15.0 Å². The lowest BCUT2D eigenvalue weighted by molar-refractivity contribution is 0.157. The standard InChI is InChI=1S/C18H26ClN3O.HI/c1-20-17(22-10-7-14(11-22)12-23-2)21-13-18(8-9-18)15-3-5-16(19)6-4-15;/h3-6,14H,7-13H2,1-2H3,(H,20,21);1H. The number of rotatable bonds is 5. The summed E-state index contributed by atoms with van der Waals surface area (Å²) in [5, 5.41) is 4.39. The van der Waals surface area contributed by atoms with Gasteiger partial charge in [-0.15, -0.1) is 24.0 Å². The van der Waals surface area contributed by atoms with Gasteiger partial charge in [-0.05, 0) is 37.0 Å². The van der Waals surface area contributed by atoms with E-state index in [4.69, 9.17) is 16.3 Å². The zero-order chi connectivity index (χ0) is 16.3. The van der Waals surface area contributed by atoms with Crippen molar-refractivity contribution < 1.29 is 4.74 Å². The van der Waals surface area contributed by atoms with Crippen LogP contribution >= 0.6 is 35.6 Å². The van der Waals surface area contributed by atoms with Crippen LogP contribution in [0.15, 0.2) is 29.3 Å². The SMILES string of the molecule is CN=C(NCC1(c2ccc(Cl)cc2)CC1)N1CCC(COC)C1.I. The molecule has 1 aromatic rings. The largest absolute Gasteiger partial charge is 0.384 e. The Morgan fingerprint density at radius 3 is 2.67 bits per heavy atom. The van der Waals surface area contributed by atoms with Crippen molar-refractivity contribution in [1.29, 1.82) is 0 Å². The highest BCUT2D eigenvalue weighted by atomic mass is 127. The van der Waals surface area contributed by atoms with Gasteiger partial charge in [0.25, 0.3) is 0 Å². The quantitative estimate of drug-likeness (QED) is 0.412. The molecule has 1 aliphatic carbocycles. The molecule has 1 atom stereocenters. The van der Waals surface area contributed by atoms with Crippen LogP contribution < -0.4 is 5.32 Å². The van der Waals surface area contributed by atoms with Crippen molar-refractivity contribution in [2.75, 3.05) is 40.4 Å². The summed E-state index contributed by atoms with van der Waals surface area (Å²) in [5.74, 6) is 1.63. The molecule has 2 fully saturated rings. The number of guanidine groups is 1. The van der Waals surface area contributed by atoms with Crippen molar-refractivity contribution >= 4 is 41.5 Å². The van der Waals surface area contributed by atoms with Gasteiger partial charge in [0, 0.05) is 50.1 Å². The molecular formula is C18H27ClIN3O. The lowest BCUT2D eigenvalue weighted by Crippen LogP contribution is -2.43. The van der Waals surface area contributed by atoms with Crippen LogP contribution in [-0.2, 0) is 10.2 Å². The molecular weight excluding hydrogens is 437 g/mol. The van der Waals surface area contributed by atoms with Crippen LogP contribution in [0.25, 0.3) is 0 Å². The van der Waals surface area contributed by atoms with Crippen LogP contribution in [0.1, 0.15) is 24.8 Å². The molecule has 1 N–H and O–H groups in total. The Morgan fingerprint density at radius 2 is 2.08 bits per heavy atom. The summed E-state index contributed by atoms with van der Waals surface area (Å²) >= 11 is 6.01. The number of nitrogens with zero attached hydrogens (tertiary/aromatic N) is 2. The van der Waals surface area contributed by atoms with E-state index in [2.05, 4.69) is 27.3 Å². The molecule has 1 saturated carbocycles. The molecule has 1 aromatic carbocycles. The number of halogens is 2. The van der Waals surface area contributed by atoms with Gasteiger partial charge in [0.15, 0.2) is 5.96 Å². The molecule has 0 aromatic heterocycles. The number of benzene rings is 1. The highest BCUT2D eigenvalue weighted by molar-refractivity contribution is 14.0. The summed E-state index contributed by atoms with van der Waals surface area (Å²) in [6, 6.07) is 8.29. The van der Waals surface area contributed by atoms with Crippen molar-refractivity contribution in [3.63, 3.8) is 0 Å². The van der Waals surface area contributed by atoms with E-state index in [9.17, 15) is 0 Å². The maximum absolute atomic E-state index is 6.01. The predicted molar refractivity (Wildman–Crippen MR) is 111 cm³/mol. The Morgan fingerprint density at radius 1 is 1.38 bits per heavy atom. The van der Waals surface area contributed by atoms with Crippen molar-refractivity contribution in [2.45, 2.75) is 24.7 Å². The number of hydrogen-bond acceptors (Lipinski definition) is 2. The topological polar surface area (TPSA) is 36.9 Å². The van der Waals surface area contributed by atoms with Gasteiger partial charge >= 0.3 is 0 Å². The normalized spacial score (nSPS) is 22.2. The number of methoxy groups -OCH3 is 1. The summed E-state index contributed by atoms with van der Waals surface area (Å²) in [5.41, 5.74) is 1.63. The molecule has 1 unspecified atom stereocenters. The third kappa shape index (κ3) is 4.55. The Bertz CT molecular complexity index is 560. The highest BCUT2D eigenvalue weighted by Crippen LogP contribution is 2.47. The van der Waals surface area contributed by atoms with Crippen molar-refractivity contribution in [2.24, 2.45) is 10.9 Å². The van der Waals surface area contributed by atoms with E-state index in [0.29, 0.717) is 5.92 Å². The molecule has 3 rings (SSSR count). The fourth-order valence-corrected chi connectivity index (χ4v) is 3.63. The summed E-state index contributed by atoms with van der Waals surface area (Å²) < 4.78 is 5.28. The lowest BCUT2D eigenvalue weighted by atomic mass is 9.96. The molecule has 0 bridgehead atoms. The van der Waals surface area contributed by atoms with Crippen LogP contribution in [-0.4, -0.2) is 51.3 Å². The van der Waals surface area contributed by atoms with Gasteiger partial charge in [-0.3, -0.25) is 4.99 Å². The van der Waals surface area contributed by atoms with Gasteiger partial charge in [-0.1, -0.05) is 23.7 Å². The average molecular weight is 464 g/mol. The van der Waals surface area contributed by atoms with E-state index < -0.39 is 0 Å². The second-order valence-corrected chi connectivity index (χ2v) is 7.18. The van der Waals surface area contributed by atoms with E-state index in [0.717, 1.165) is 37.2 Å². The average Bonchev–Trinajstić information content (AvgIpc) is 3.21. The van der Waals surface area contributed by atoms with Crippen LogP contribution in [0.4, 0.5) is 0 Å². The zero-order valence-corrected chi connectivity index (χ0v) is 17.5.